The van der Waals surface area contributed by atoms with Crippen LogP contribution in [0.25, 0.3) is 0 Å². The smallest absolute Gasteiger partial charge is 0.408 e. The van der Waals surface area contributed by atoms with E-state index in [1.807, 2.05) is 6.26 Å². The fourth-order valence-corrected chi connectivity index (χ4v) is 2.10. The third-order valence-corrected chi connectivity index (χ3v) is 3.13. The second kappa shape index (κ2) is 3.87. The molecule has 0 aromatic heterocycles. The van der Waals surface area contributed by atoms with Gasteiger partial charge in [0.1, 0.15) is 6.04 Å². The molecule has 0 aromatic carbocycles. The van der Waals surface area contributed by atoms with Crippen molar-refractivity contribution in [1.82, 2.24) is 4.90 Å². The van der Waals surface area contributed by atoms with Crippen molar-refractivity contribution >= 4 is 23.8 Å². The average Bonchev–Trinajstić information content (AvgIpc) is 2.47. The fourth-order valence-electron chi connectivity index (χ4n) is 1.41. The van der Waals surface area contributed by atoms with Crippen LogP contribution < -0.4 is 0 Å². The van der Waals surface area contributed by atoms with Gasteiger partial charge in [-0.25, -0.2) is 9.59 Å². The summed E-state index contributed by atoms with van der Waals surface area (Å²) < 4.78 is 0. The molecule has 6 heteroatoms. The number of hydrogen-bond donors (Lipinski definition) is 2. The molecule has 1 aliphatic rings. The molecule has 5 nitrogen and oxygen atoms in total. The Balaban J connectivity index is 2.71. The van der Waals surface area contributed by atoms with E-state index in [-0.39, 0.29) is 5.25 Å². The minimum absolute atomic E-state index is 0.109. The normalized spacial score (nSPS) is 27.6. The van der Waals surface area contributed by atoms with Gasteiger partial charge in [-0.1, -0.05) is 0 Å². The lowest BCUT2D eigenvalue weighted by molar-refractivity contribution is -0.141. The minimum atomic E-state index is -1.15. The Morgan fingerprint density at radius 2 is 2.08 bits per heavy atom. The molecule has 1 fully saturated rings. The number of aliphatic carboxylic acids is 1. The van der Waals surface area contributed by atoms with E-state index >= 15 is 0 Å². The van der Waals surface area contributed by atoms with Crippen LogP contribution in [0, 0.1) is 0 Å². The van der Waals surface area contributed by atoms with Crippen molar-refractivity contribution in [2.24, 2.45) is 0 Å². The van der Waals surface area contributed by atoms with Crippen molar-refractivity contribution < 1.29 is 19.8 Å². The third-order valence-electron chi connectivity index (χ3n) is 2.13. The van der Waals surface area contributed by atoms with Gasteiger partial charge in [0.15, 0.2) is 0 Å². The van der Waals surface area contributed by atoms with Crippen LogP contribution >= 0.6 is 11.8 Å². The zero-order valence-electron chi connectivity index (χ0n) is 7.14. The molecule has 0 bridgehead atoms. The lowest BCUT2D eigenvalue weighted by atomic mass is 10.2. The second-order valence-electron chi connectivity index (χ2n) is 2.88. The van der Waals surface area contributed by atoms with Crippen LogP contribution in [0.2, 0.25) is 0 Å². The van der Waals surface area contributed by atoms with Crippen LogP contribution in [0.1, 0.15) is 6.42 Å². The quantitative estimate of drug-likeness (QED) is 0.688. The topological polar surface area (TPSA) is 77.8 Å². The van der Waals surface area contributed by atoms with Crippen molar-refractivity contribution in [3.63, 3.8) is 0 Å². The molecule has 2 atom stereocenters. The van der Waals surface area contributed by atoms with Crippen LogP contribution in [0.4, 0.5) is 4.79 Å². The summed E-state index contributed by atoms with van der Waals surface area (Å²) in [6.07, 6.45) is 1.11. The summed E-state index contributed by atoms with van der Waals surface area (Å²) >= 11 is 1.51. The zero-order chi connectivity index (χ0) is 10.0. The molecular formula is C7H11NO4S. The van der Waals surface area contributed by atoms with Gasteiger partial charge in [-0.05, 0) is 12.7 Å². The molecule has 13 heavy (non-hydrogen) atoms. The van der Waals surface area contributed by atoms with Crippen molar-refractivity contribution in [2.75, 3.05) is 12.8 Å². The van der Waals surface area contributed by atoms with E-state index in [4.69, 9.17) is 10.2 Å². The molecule has 1 heterocycles. The van der Waals surface area contributed by atoms with Gasteiger partial charge in [-0.3, -0.25) is 4.90 Å². The number of hydrogen-bond acceptors (Lipinski definition) is 3. The van der Waals surface area contributed by atoms with Crippen molar-refractivity contribution in [1.29, 1.82) is 0 Å². The van der Waals surface area contributed by atoms with Gasteiger partial charge >= 0.3 is 12.1 Å². The Labute approximate surface area is 79.7 Å². The lowest BCUT2D eigenvalue weighted by Crippen LogP contribution is -2.39. The standard InChI is InChI=1S/C7H11NO4S/c1-13-4-2-5(6(9)10)8(3-4)7(11)12/h4-5H,2-3H2,1H3,(H,9,10)(H,11,12)/t4-,5-/m0/s1. The highest BCUT2D eigenvalue weighted by molar-refractivity contribution is 7.99. The van der Waals surface area contributed by atoms with Gasteiger partial charge in [0.05, 0.1) is 0 Å². The van der Waals surface area contributed by atoms with Crippen LogP contribution in [0.5, 0.6) is 0 Å². The first-order valence-electron chi connectivity index (χ1n) is 3.81. The number of rotatable bonds is 2. The Kier molecular flexibility index (Phi) is 3.02. The maximum absolute atomic E-state index is 10.7. The summed E-state index contributed by atoms with van der Waals surface area (Å²) in [5, 5.41) is 17.5. The number of amides is 1. The van der Waals surface area contributed by atoms with Crippen LogP contribution in [-0.2, 0) is 4.79 Å². The predicted octanol–water partition coefficient (Wildman–Crippen LogP) is 0.555. The van der Waals surface area contributed by atoms with E-state index in [0.29, 0.717) is 13.0 Å². The van der Waals surface area contributed by atoms with Gasteiger partial charge in [0.25, 0.3) is 0 Å². The first kappa shape index (κ1) is 10.2. The predicted molar refractivity (Wildman–Crippen MR) is 48.1 cm³/mol. The highest BCUT2D eigenvalue weighted by Crippen LogP contribution is 2.25. The van der Waals surface area contributed by atoms with E-state index < -0.39 is 18.1 Å². The Hall–Kier alpha value is -0.910. The van der Waals surface area contributed by atoms with Crippen LogP contribution in [0.15, 0.2) is 0 Å². The highest BCUT2D eigenvalue weighted by Gasteiger charge is 2.39. The molecule has 0 saturated carbocycles. The Morgan fingerprint density at radius 1 is 1.46 bits per heavy atom. The summed E-state index contributed by atoms with van der Waals surface area (Å²) in [6.45, 7) is 0.313. The second-order valence-corrected chi connectivity index (χ2v) is 4.02. The molecule has 74 valence electrons. The highest BCUT2D eigenvalue weighted by atomic mass is 32.2. The summed E-state index contributed by atoms with van der Waals surface area (Å²) in [4.78, 5) is 22.3. The average molecular weight is 205 g/mol. The molecule has 1 rings (SSSR count). The van der Waals surface area contributed by atoms with Crippen molar-refractivity contribution in [2.45, 2.75) is 17.7 Å². The first-order chi connectivity index (χ1) is 6.06. The van der Waals surface area contributed by atoms with E-state index in [1.54, 1.807) is 0 Å². The van der Waals surface area contributed by atoms with Gasteiger partial charge in [0, 0.05) is 11.8 Å². The molecule has 1 aliphatic heterocycles. The number of likely N-dealkylation sites (tertiary alicyclic amines) is 1. The maximum atomic E-state index is 10.7. The lowest BCUT2D eigenvalue weighted by Gasteiger charge is -2.16. The molecule has 0 aliphatic carbocycles. The summed E-state index contributed by atoms with van der Waals surface area (Å²) in [5.74, 6) is -1.06. The number of carbonyl (C=O) groups is 2. The maximum Gasteiger partial charge on any atom is 0.408 e. The summed E-state index contributed by atoms with van der Waals surface area (Å²) in [7, 11) is 0. The molecular weight excluding hydrogens is 194 g/mol. The molecule has 0 unspecified atom stereocenters. The Bertz CT molecular complexity index is 211. The van der Waals surface area contributed by atoms with E-state index in [0.717, 1.165) is 4.90 Å². The SMILES string of the molecule is CS[C@H]1C[C@@H](C(=O)O)N(C(=O)O)C1. The summed E-state index contributed by atoms with van der Waals surface area (Å²) in [6, 6.07) is -0.866. The third kappa shape index (κ3) is 2.06. The van der Waals surface area contributed by atoms with E-state index in [9.17, 15) is 9.59 Å². The van der Waals surface area contributed by atoms with E-state index in [1.165, 1.54) is 11.8 Å². The van der Waals surface area contributed by atoms with Gasteiger partial charge in [0.2, 0.25) is 0 Å². The zero-order valence-corrected chi connectivity index (χ0v) is 7.95. The van der Waals surface area contributed by atoms with Crippen molar-refractivity contribution in [3.05, 3.63) is 0 Å². The number of thioether (sulfide) groups is 1. The van der Waals surface area contributed by atoms with Crippen molar-refractivity contribution in [3.8, 4) is 0 Å². The monoisotopic (exact) mass is 205 g/mol. The van der Waals surface area contributed by atoms with Gasteiger partial charge < -0.3 is 10.2 Å². The minimum Gasteiger partial charge on any atom is -0.480 e. The van der Waals surface area contributed by atoms with Crippen LogP contribution in [0.3, 0.4) is 0 Å². The first-order valence-corrected chi connectivity index (χ1v) is 5.10. The molecule has 0 aromatic rings. The van der Waals surface area contributed by atoms with E-state index in [2.05, 4.69) is 0 Å². The number of carboxylic acid groups (broad SMARTS) is 2. The molecule has 1 saturated heterocycles. The van der Waals surface area contributed by atoms with Gasteiger partial charge in [-0.15, -0.1) is 0 Å². The number of carboxylic acids is 1. The number of nitrogens with zero attached hydrogens (tertiary/aromatic N) is 1. The van der Waals surface area contributed by atoms with Crippen LogP contribution in [-0.4, -0.2) is 51.3 Å². The molecule has 1 amide bonds. The molecule has 0 radical (unpaired) electrons. The molecule has 0 spiro atoms. The summed E-state index contributed by atoms with van der Waals surface area (Å²) in [5.41, 5.74) is 0. The largest absolute Gasteiger partial charge is 0.480 e. The fraction of sp³-hybridized carbons (Fsp3) is 0.714. The Morgan fingerprint density at radius 3 is 2.38 bits per heavy atom. The van der Waals surface area contributed by atoms with Gasteiger partial charge in [-0.2, -0.15) is 11.8 Å². The molecule has 2 N–H and O–H groups in total.